The largest absolute Gasteiger partial charge is 0.523 e. The van der Waals surface area contributed by atoms with Gasteiger partial charge in [0.25, 0.3) is 0 Å². The molecule has 1 atom stereocenters. The number of hydrogen-bond donors (Lipinski definition) is 1. The summed E-state index contributed by atoms with van der Waals surface area (Å²) in [6, 6.07) is 8.29. The minimum atomic E-state index is -4.71. The van der Waals surface area contributed by atoms with Crippen molar-refractivity contribution in [1.82, 2.24) is 0 Å². The van der Waals surface area contributed by atoms with E-state index in [1.54, 1.807) is 30.3 Å². The predicted octanol–water partition coefficient (Wildman–Crippen LogP) is 3.22. The van der Waals surface area contributed by atoms with E-state index in [-0.39, 0.29) is 6.42 Å². The summed E-state index contributed by atoms with van der Waals surface area (Å²) in [5.74, 6) is 0. The van der Waals surface area contributed by atoms with Crippen LogP contribution in [0.1, 0.15) is 12.0 Å². The quantitative estimate of drug-likeness (QED) is 0.880. The number of benzene rings is 1. The van der Waals surface area contributed by atoms with Crippen LogP contribution in [-0.4, -0.2) is 6.36 Å². The van der Waals surface area contributed by atoms with Crippen LogP contribution in [0, 0.1) is 0 Å². The van der Waals surface area contributed by atoms with E-state index in [9.17, 15) is 13.2 Å². The summed E-state index contributed by atoms with van der Waals surface area (Å²) >= 11 is 0. The van der Waals surface area contributed by atoms with Crippen LogP contribution in [0.5, 0.6) is 0 Å². The van der Waals surface area contributed by atoms with E-state index in [4.69, 9.17) is 5.73 Å². The molecule has 2 rings (SSSR count). The molecule has 2 N–H and O–H groups in total. The lowest BCUT2D eigenvalue weighted by Crippen LogP contribution is -2.35. The molecule has 0 radical (unpaired) electrons. The van der Waals surface area contributed by atoms with Crippen LogP contribution in [0.4, 0.5) is 13.2 Å². The molecule has 0 amide bonds. The second-order valence-electron chi connectivity index (χ2n) is 4.04. The van der Waals surface area contributed by atoms with Crippen LogP contribution >= 0.6 is 0 Å². The lowest BCUT2D eigenvalue weighted by atomic mass is 9.86. The number of halogens is 3. The third-order valence-electron chi connectivity index (χ3n) is 2.75. The molecule has 0 heterocycles. The van der Waals surface area contributed by atoms with Gasteiger partial charge in [-0.3, -0.25) is 4.74 Å². The molecule has 1 aromatic rings. The Labute approximate surface area is 103 Å². The summed E-state index contributed by atoms with van der Waals surface area (Å²) in [6.07, 6.45) is -0.342. The average molecular weight is 255 g/mol. The molecule has 18 heavy (non-hydrogen) atoms. The Morgan fingerprint density at radius 3 is 2.33 bits per heavy atom. The van der Waals surface area contributed by atoms with E-state index >= 15 is 0 Å². The van der Waals surface area contributed by atoms with E-state index < -0.39 is 12.0 Å². The Morgan fingerprint density at radius 1 is 1.17 bits per heavy atom. The highest BCUT2D eigenvalue weighted by Gasteiger charge is 2.43. The zero-order valence-electron chi connectivity index (χ0n) is 9.45. The first kappa shape index (κ1) is 12.7. The van der Waals surface area contributed by atoms with Crippen molar-refractivity contribution in [2.75, 3.05) is 0 Å². The topological polar surface area (TPSA) is 35.2 Å². The first-order valence-corrected chi connectivity index (χ1v) is 5.39. The van der Waals surface area contributed by atoms with E-state index in [0.717, 1.165) is 0 Å². The maximum absolute atomic E-state index is 12.6. The van der Waals surface area contributed by atoms with Crippen molar-refractivity contribution in [3.8, 4) is 0 Å². The highest BCUT2D eigenvalue weighted by atomic mass is 19.4. The van der Waals surface area contributed by atoms with Crippen molar-refractivity contribution in [2.24, 2.45) is 5.73 Å². The number of ether oxygens (including phenoxy) is 1. The molecule has 96 valence electrons. The molecule has 1 aliphatic rings. The van der Waals surface area contributed by atoms with Crippen LogP contribution < -0.4 is 5.73 Å². The molecule has 1 unspecified atom stereocenters. The smallest absolute Gasteiger partial charge is 0.399 e. The number of hydrogen-bond acceptors (Lipinski definition) is 2. The Balaban J connectivity index is 2.39. The first-order valence-electron chi connectivity index (χ1n) is 5.39. The Bertz CT molecular complexity index is 479. The summed E-state index contributed by atoms with van der Waals surface area (Å²) in [7, 11) is 0. The SMILES string of the molecule is NC1=CCC(OC(F)(F)F)(c2ccccc2)C=C1. The van der Waals surface area contributed by atoms with Gasteiger partial charge in [0.05, 0.1) is 0 Å². The number of rotatable bonds is 2. The summed E-state index contributed by atoms with van der Waals surface area (Å²) in [5, 5.41) is 0. The molecule has 0 saturated heterocycles. The van der Waals surface area contributed by atoms with Crippen molar-refractivity contribution in [3.63, 3.8) is 0 Å². The molecule has 2 nitrogen and oxygen atoms in total. The molecule has 5 heteroatoms. The molecule has 0 spiro atoms. The minimum absolute atomic E-state index is 0.0544. The van der Waals surface area contributed by atoms with Gasteiger partial charge in [0.1, 0.15) is 5.60 Å². The van der Waals surface area contributed by atoms with Gasteiger partial charge in [0.15, 0.2) is 0 Å². The summed E-state index contributed by atoms with van der Waals surface area (Å²) in [6.45, 7) is 0. The lowest BCUT2D eigenvalue weighted by Gasteiger charge is -2.33. The fourth-order valence-corrected chi connectivity index (χ4v) is 1.91. The first-order chi connectivity index (χ1) is 8.41. The van der Waals surface area contributed by atoms with Crippen molar-refractivity contribution in [2.45, 2.75) is 18.4 Å². The van der Waals surface area contributed by atoms with Crippen LogP contribution in [0.3, 0.4) is 0 Å². The van der Waals surface area contributed by atoms with Crippen molar-refractivity contribution in [3.05, 3.63) is 59.8 Å². The van der Waals surface area contributed by atoms with Crippen molar-refractivity contribution in [1.29, 1.82) is 0 Å². The Kier molecular flexibility index (Phi) is 3.17. The number of allylic oxidation sites excluding steroid dienone is 1. The molecule has 1 aromatic carbocycles. The minimum Gasteiger partial charge on any atom is -0.399 e. The van der Waals surface area contributed by atoms with Crippen LogP contribution in [-0.2, 0) is 10.3 Å². The van der Waals surface area contributed by atoms with Gasteiger partial charge in [0, 0.05) is 12.1 Å². The molecule has 0 aliphatic heterocycles. The lowest BCUT2D eigenvalue weighted by molar-refractivity contribution is -0.361. The molecule has 0 fully saturated rings. The second kappa shape index (κ2) is 4.49. The third-order valence-corrected chi connectivity index (χ3v) is 2.75. The fourth-order valence-electron chi connectivity index (χ4n) is 1.91. The molecule has 0 aromatic heterocycles. The summed E-state index contributed by atoms with van der Waals surface area (Å²) < 4.78 is 42.0. The van der Waals surface area contributed by atoms with Crippen LogP contribution in [0.25, 0.3) is 0 Å². The zero-order valence-corrected chi connectivity index (χ0v) is 9.45. The number of nitrogens with two attached hydrogens (primary N) is 1. The predicted molar refractivity (Wildman–Crippen MR) is 61.3 cm³/mol. The van der Waals surface area contributed by atoms with E-state index in [2.05, 4.69) is 4.74 Å². The van der Waals surface area contributed by atoms with E-state index in [1.807, 2.05) is 0 Å². The summed E-state index contributed by atoms with van der Waals surface area (Å²) in [5.41, 5.74) is 4.89. The molecule has 0 saturated carbocycles. The maximum atomic E-state index is 12.6. The fraction of sp³-hybridized carbons (Fsp3) is 0.231. The van der Waals surface area contributed by atoms with E-state index in [1.165, 1.54) is 18.2 Å². The highest BCUT2D eigenvalue weighted by Crippen LogP contribution is 2.39. The number of alkyl halides is 3. The van der Waals surface area contributed by atoms with E-state index in [0.29, 0.717) is 11.3 Å². The van der Waals surface area contributed by atoms with Gasteiger partial charge < -0.3 is 5.73 Å². The van der Waals surface area contributed by atoms with Gasteiger partial charge in [-0.25, -0.2) is 0 Å². The highest BCUT2D eigenvalue weighted by molar-refractivity contribution is 5.35. The van der Waals surface area contributed by atoms with Gasteiger partial charge in [-0.2, -0.15) is 0 Å². The van der Waals surface area contributed by atoms with Gasteiger partial charge in [0.2, 0.25) is 0 Å². The van der Waals surface area contributed by atoms with Gasteiger partial charge in [-0.1, -0.05) is 36.4 Å². The Hall–Kier alpha value is -1.75. The van der Waals surface area contributed by atoms with Crippen molar-refractivity contribution >= 4 is 0 Å². The molecular weight excluding hydrogens is 243 g/mol. The second-order valence-corrected chi connectivity index (χ2v) is 4.04. The molecular formula is C13H12F3NO. The van der Waals surface area contributed by atoms with Gasteiger partial charge in [-0.15, -0.1) is 13.2 Å². The van der Waals surface area contributed by atoms with Crippen molar-refractivity contribution < 1.29 is 17.9 Å². The zero-order chi connectivity index (χ0) is 13.2. The monoisotopic (exact) mass is 255 g/mol. The normalized spacial score (nSPS) is 23.8. The molecule has 0 bridgehead atoms. The van der Waals surface area contributed by atoms with Crippen LogP contribution in [0.15, 0.2) is 54.3 Å². The van der Waals surface area contributed by atoms with Gasteiger partial charge in [-0.05, 0) is 17.7 Å². The van der Waals surface area contributed by atoms with Crippen LogP contribution in [0.2, 0.25) is 0 Å². The summed E-state index contributed by atoms with van der Waals surface area (Å²) in [4.78, 5) is 0. The standard InChI is InChI=1S/C13H12F3NO/c14-13(15,16)18-12(8-6-11(17)7-9-12)10-4-2-1-3-5-10/h1-8H,9,17H2. The Morgan fingerprint density at radius 2 is 1.83 bits per heavy atom. The molecule has 1 aliphatic carbocycles. The van der Waals surface area contributed by atoms with Gasteiger partial charge >= 0.3 is 6.36 Å². The average Bonchev–Trinajstić information content (AvgIpc) is 2.32. The maximum Gasteiger partial charge on any atom is 0.523 e. The third kappa shape index (κ3) is 2.73.